The summed E-state index contributed by atoms with van der Waals surface area (Å²) >= 11 is 0. The number of alkyl halides is 3. The van der Waals surface area contributed by atoms with E-state index in [1.54, 1.807) is 6.07 Å². The fourth-order valence-corrected chi connectivity index (χ4v) is 2.42. The van der Waals surface area contributed by atoms with Crippen LogP contribution in [0.15, 0.2) is 54.6 Å². The summed E-state index contributed by atoms with van der Waals surface area (Å²) in [6.45, 7) is 1.52. The van der Waals surface area contributed by atoms with Crippen molar-refractivity contribution in [2.24, 2.45) is 0 Å². The number of anilines is 3. The Balaban J connectivity index is 1.84. The number of para-hydroxylation sites is 1. The SMILES string of the molecule is Cc1nc(Nc2cccc(C(F)(F)F)c2)cc(C(=O)Nc2ccccc2F)n1. The number of carbonyl (C=O) groups excluding carboxylic acids is 1. The predicted octanol–water partition coefficient (Wildman–Crippen LogP) is 4.94. The van der Waals surface area contributed by atoms with Crippen molar-refractivity contribution in [2.75, 3.05) is 10.6 Å². The largest absolute Gasteiger partial charge is 0.416 e. The maximum absolute atomic E-state index is 13.7. The molecule has 3 rings (SSSR count). The Bertz CT molecular complexity index is 1020. The van der Waals surface area contributed by atoms with Crippen molar-refractivity contribution in [1.82, 2.24) is 9.97 Å². The van der Waals surface area contributed by atoms with Crippen molar-refractivity contribution in [2.45, 2.75) is 13.1 Å². The number of nitrogens with one attached hydrogen (secondary N) is 2. The van der Waals surface area contributed by atoms with Crippen LogP contribution >= 0.6 is 0 Å². The molecular formula is C19H14F4N4O. The first kappa shape index (κ1) is 19.3. The van der Waals surface area contributed by atoms with E-state index in [0.29, 0.717) is 0 Å². The average molecular weight is 390 g/mol. The van der Waals surface area contributed by atoms with Crippen LogP contribution in [0, 0.1) is 12.7 Å². The molecule has 3 aromatic rings. The highest BCUT2D eigenvalue weighted by molar-refractivity contribution is 6.03. The van der Waals surface area contributed by atoms with Gasteiger partial charge in [-0.1, -0.05) is 18.2 Å². The van der Waals surface area contributed by atoms with Gasteiger partial charge in [-0.05, 0) is 37.3 Å². The second-order valence-corrected chi connectivity index (χ2v) is 5.82. The van der Waals surface area contributed by atoms with Gasteiger partial charge in [0, 0.05) is 11.8 Å². The van der Waals surface area contributed by atoms with Gasteiger partial charge in [-0.25, -0.2) is 14.4 Å². The van der Waals surface area contributed by atoms with Crippen LogP contribution in [0.5, 0.6) is 0 Å². The Morgan fingerprint density at radius 3 is 2.46 bits per heavy atom. The van der Waals surface area contributed by atoms with E-state index in [2.05, 4.69) is 20.6 Å². The van der Waals surface area contributed by atoms with Crippen LogP contribution in [0.25, 0.3) is 0 Å². The van der Waals surface area contributed by atoms with Crippen LogP contribution in [0.3, 0.4) is 0 Å². The first-order valence-electron chi connectivity index (χ1n) is 8.08. The number of aryl methyl sites for hydroxylation is 1. The van der Waals surface area contributed by atoms with Crippen molar-refractivity contribution < 1.29 is 22.4 Å². The number of carbonyl (C=O) groups is 1. The number of amides is 1. The predicted molar refractivity (Wildman–Crippen MR) is 95.8 cm³/mol. The Hall–Kier alpha value is -3.49. The average Bonchev–Trinajstić information content (AvgIpc) is 2.62. The van der Waals surface area contributed by atoms with Crippen molar-refractivity contribution in [3.63, 3.8) is 0 Å². The van der Waals surface area contributed by atoms with Gasteiger partial charge in [0.05, 0.1) is 11.3 Å². The number of hydrogen-bond donors (Lipinski definition) is 2. The standard InChI is InChI=1S/C19H14F4N4O/c1-11-24-16(18(28)27-15-8-3-2-7-14(15)20)10-17(25-11)26-13-6-4-5-12(9-13)19(21,22)23/h2-10H,1H3,(H,27,28)(H,24,25,26). The third-order valence-corrected chi connectivity index (χ3v) is 3.65. The van der Waals surface area contributed by atoms with E-state index in [1.807, 2.05) is 0 Å². The number of halogens is 4. The molecule has 9 heteroatoms. The molecule has 0 bridgehead atoms. The third-order valence-electron chi connectivity index (χ3n) is 3.65. The number of hydrogen-bond acceptors (Lipinski definition) is 4. The Kier molecular flexibility index (Phi) is 5.25. The van der Waals surface area contributed by atoms with E-state index < -0.39 is 23.5 Å². The van der Waals surface area contributed by atoms with Crippen LogP contribution in [-0.4, -0.2) is 15.9 Å². The van der Waals surface area contributed by atoms with E-state index in [4.69, 9.17) is 0 Å². The second kappa shape index (κ2) is 7.63. The van der Waals surface area contributed by atoms with E-state index in [1.165, 1.54) is 43.3 Å². The van der Waals surface area contributed by atoms with Gasteiger partial charge in [0.25, 0.3) is 5.91 Å². The smallest absolute Gasteiger partial charge is 0.340 e. The Morgan fingerprint density at radius 1 is 1.00 bits per heavy atom. The Labute approximate surface area is 157 Å². The van der Waals surface area contributed by atoms with Gasteiger partial charge in [0.2, 0.25) is 0 Å². The molecule has 0 aliphatic heterocycles. The minimum atomic E-state index is -4.48. The van der Waals surface area contributed by atoms with Crippen LogP contribution in [0.1, 0.15) is 21.9 Å². The van der Waals surface area contributed by atoms with Gasteiger partial charge in [0.1, 0.15) is 23.2 Å². The summed E-state index contributed by atoms with van der Waals surface area (Å²) in [7, 11) is 0. The molecule has 2 aromatic carbocycles. The lowest BCUT2D eigenvalue weighted by molar-refractivity contribution is -0.137. The van der Waals surface area contributed by atoms with Crippen LogP contribution in [-0.2, 0) is 6.18 Å². The number of benzene rings is 2. The lowest BCUT2D eigenvalue weighted by Crippen LogP contribution is -2.16. The molecule has 0 saturated heterocycles. The molecule has 0 fully saturated rings. The molecule has 0 aliphatic carbocycles. The molecule has 0 unspecified atom stereocenters. The minimum Gasteiger partial charge on any atom is -0.340 e. The molecular weight excluding hydrogens is 376 g/mol. The molecule has 1 aromatic heterocycles. The van der Waals surface area contributed by atoms with Crippen LogP contribution in [0.2, 0.25) is 0 Å². The molecule has 144 valence electrons. The molecule has 28 heavy (non-hydrogen) atoms. The number of nitrogens with zero attached hydrogens (tertiary/aromatic N) is 2. The Morgan fingerprint density at radius 2 is 1.75 bits per heavy atom. The zero-order valence-electron chi connectivity index (χ0n) is 14.5. The van der Waals surface area contributed by atoms with Crippen molar-refractivity contribution in [3.8, 4) is 0 Å². The van der Waals surface area contributed by atoms with Gasteiger partial charge in [-0.3, -0.25) is 4.79 Å². The summed E-state index contributed by atoms with van der Waals surface area (Å²) in [5.41, 5.74) is -0.754. The van der Waals surface area contributed by atoms with Gasteiger partial charge in [0.15, 0.2) is 0 Å². The van der Waals surface area contributed by atoms with Crippen LogP contribution < -0.4 is 10.6 Å². The molecule has 0 spiro atoms. The zero-order valence-corrected chi connectivity index (χ0v) is 14.5. The molecule has 0 radical (unpaired) electrons. The maximum atomic E-state index is 13.7. The minimum absolute atomic E-state index is 0.0175. The highest BCUT2D eigenvalue weighted by Crippen LogP contribution is 2.31. The van der Waals surface area contributed by atoms with E-state index in [9.17, 15) is 22.4 Å². The summed E-state index contributed by atoms with van der Waals surface area (Å²) in [5, 5.41) is 5.12. The highest BCUT2D eigenvalue weighted by Gasteiger charge is 2.30. The van der Waals surface area contributed by atoms with E-state index >= 15 is 0 Å². The molecule has 0 aliphatic rings. The fraction of sp³-hybridized carbons (Fsp3) is 0.105. The second-order valence-electron chi connectivity index (χ2n) is 5.82. The van der Waals surface area contributed by atoms with Crippen molar-refractivity contribution >= 4 is 23.1 Å². The van der Waals surface area contributed by atoms with E-state index in [0.717, 1.165) is 12.1 Å². The quantitative estimate of drug-likeness (QED) is 0.620. The third kappa shape index (κ3) is 4.61. The van der Waals surface area contributed by atoms with Crippen LogP contribution in [0.4, 0.5) is 34.8 Å². The molecule has 1 heterocycles. The molecule has 0 atom stereocenters. The van der Waals surface area contributed by atoms with Gasteiger partial charge >= 0.3 is 6.18 Å². The normalized spacial score (nSPS) is 11.2. The van der Waals surface area contributed by atoms with Gasteiger partial charge in [-0.15, -0.1) is 0 Å². The summed E-state index contributed by atoms with van der Waals surface area (Å²) < 4.78 is 52.2. The lowest BCUT2D eigenvalue weighted by Gasteiger charge is -2.11. The topological polar surface area (TPSA) is 66.9 Å². The zero-order chi connectivity index (χ0) is 20.3. The van der Waals surface area contributed by atoms with E-state index in [-0.39, 0.29) is 28.7 Å². The maximum Gasteiger partial charge on any atom is 0.416 e. The monoisotopic (exact) mass is 390 g/mol. The van der Waals surface area contributed by atoms with Gasteiger partial charge in [-0.2, -0.15) is 13.2 Å². The lowest BCUT2D eigenvalue weighted by atomic mass is 10.2. The van der Waals surface area contributed by atoms with Crippen molar-refractivity contribution in [1.29, 1.82) is 0 Å². The molecule has 2 N–H and O–H groups in total. The summed E-state index contributed by atoms with van der Waals surface area (Å²) in [6, 6.07) is 11.5. The summed E-state index contributed by atoms with van der Waals surface area (Å²) in [6.07, 6.45) is -4.48. The summed E-state index contributed by atoms with van der Waals surface area (Å²) in [4.78, 5) is 20.4. The van der Waals surface area contributed by atoms with Gasteiger partial charge < -0.3 is 10.6 Å². The first-order valence-corrected chi connectivity index (χ1v) is 8.08. The first-order chi connectivity index (χ1) is 13.2. The summed E-state index contributed by atoms with van der Waals surface area (Å²) in [5.74, 6) is -0.937. The number of aromatic nitrogens is 2. The molecule has 5 nitrogen and oxygen atoms in total. The highest BCUT2D eigenvalue weighted by atomic mass is 19.4. The number of rotatable bonds is 4. The van der Waals surface area contributed by atoms with Crippen molar-refractivity contribution in [3.05, 3.63) is 77.5 Å². The fourth-order valence-electron chi connectivity index (χ4n) is 2.42. The molecule has 0 saturated carbocycles. The molecule has 1 amide bonds.